The monoisotopic (exact) mass is 614 g/mol. The lowest BCUT2D eigenvalue weighted by Gasteiger charge is -2.27. The second-order valence-electron chi connectivity index (χ2n) is 11.1. The molecule has 4 rings (SSSR count). The van der Waals surface area contributed by atoms with Gasteiger partial charge in [0.25, 0.3) is 11.7 Å². The van der Waals surface area contributed by atoms with E-state index in [4.69, 9.17) is 14.2 Å². The zero-order valence-electron chi connectivity index (χ0n) is 27.0. The van der Waals surface area contributed by atoms with E-state index in [1.807, 2.05) is 42.5 Å². The highest BCUT2D eigenvalue weighted by atomic mass is 16.5. The molecule has 3 aromatic rings. The Morgan fingerprint density at radius 2 is 1.60 bits per heavy atom. The molecule has 1 fully saturated rings. The minimum Gasteiger partial charge on any atom is -0.507 e. The van der Waals surface area contributed by atoms with E-state index >= 15 is 0 Å². The van der Waals surface area contributed by atoms with Crippen LogP contribution < -0.4 is 14.2 Å². The Bertz CT molecular complexity index is 1430. The first-order valence-corrected chi connectivity index (χ1v) is 16.0. The quantitative estimate of drug-likeness (QED) is 0.0758. The van der Waals surface area contributed by atoms with Gasteiger partial charge in [-0.2, -0.15) is 0 Å². The van der Waals surface area contributed by atoms with Crippen molar-refractivity contribution >= 4 is 17.4 Å². The molecule has 0 unspecified atom stereocenters. The molecule has 0 aromatic heterocycles. The molecule has 3 aromatic carbocycles. The normalized spacial score (nSPS) is 15.9. The van der Waals surface area contributed by atoms with Gasteiger partial charge in [-0.3, -0.25) is 9.59 Å². The van der Waals surface area contributed by atoms with E-state index in [9.17, 15) is 14.7 Å². The molecular formula is C37H46N2O6. The van der Waals surface area contributed by atoms with Gasteiger partial charge in [0.2, 0.25) is 0 Å². The molecule has 0 aliphatic carbocycles. The van der Waals surface area contributed by atoms with Gasteiger partial charge in [-0.15, -0.1) is 0 Å². The van der Waals surface area contributed by atoms with E-state index in [2.05, 4.69) is 25.7 Å². The van der Waals surface area contributed by atoms with Gasteiger partial charge in [0.05, 0.1) is 25.3 Å². The van der Waals surface area contributed by atoms with Crippen LogP contribution in [0.5, 0.6) is 17.2 Å². The third kappa shape index (κ3) is 8.45. The number of likely N-dealkylation sites (tertiary alicyclic amines) is 1. The highest BCUT2D eigenvalue weighted by Gasteiger charge is 2.46. The average Bonchev–Trinajstić information content (AvgIpc) is 3.33. The number of unbranched alkanes of at least 4 members (excludes halogenated alkanes) is 2. The van der Waals surface area contributed by atoms with Gasteiger partial charge in [0.15, 0.2) is 11.5 Å². The molecule has 240 valence electrons. The van der Waals surface area contributed by atoms with E-state index in [1.165, 1.54) is 0 Å². The Morgan fingerprint density at radius 3 is 2.27 bits per heavy atom. The number of benzene rings is 3. The number of ketones is 1. The number of carbonyl (C=O) groups is 2. The number of rotatable bonds is 17. The minimum absolute atomic E-state index is 0.0551. The number of hydrogen-bond acceptors (Lipinski definition) is 7. The minimum atomic E-state index is -0.779. The van der Waals surface area contributed by atoms with Crippen molar-refractivity contribution in [2.24, 2.45) is 0 Å². The first-order chi connectivity index (χ1) is 21.9. The van der Waals surface area contributed by atoms with Crippen LogP contribution >= 0.6 is 0 Å². The number of hydrogen-bond donors (Lipinski definition) is 1. The number of ether oxygens (including phenoxy) is 3. The summed E-state index contributed by atoms with van der Waals surface area (Å²) in [7, 11) is 1.57. The molecule has 0 bridgehead atoms. The maximum Gasteiger partial charge on any atom is 0.295 e. The van der Waals surface area contributed by atoms with Crippen LogP contribution in [0.1, 0.15) is 69.2 Å². The summed E-state index contributed by atoms with van der Waals surface area (Å²) in [6.07, 6.45) is 3.79. The van der Waals surface area contributed by atoms with Gasteiger partial charge < -0.3 is 29.1 Å². The summed E-state index contributed by atoms with van der Waals surface area (Å²) in [5.41, 5.74) is 2.19. The van der Waals surface area contributed by atoms with Crippen molar-refractivity contribution in [3.8, 4) is 17.2 Å². The summed E-state index contributed by atoms with van der Waals surface area (Å²) in [5.74, 6) is 0.187. The van der Waals surface area contributed by atoms with E-state index in [0.717, 1.165) is 44.5 Å². The smallest absolute Gasteiger partial charge is 0.295 e. The largest absolute Gasteiger partial charge is 0.507 e. The summed E-state index contributed by atoms with van der Waals surface area (Å²) in [4.78, 5) is 30.9. The first-order valence-electron chi connectivity index (χ1n) is 16.0. The third-order valence-electron chi connectivity index (χ3n) is 8.19. The second kappa shape index (κ2) is 16.7. The summed E-state index contributed by atoms with van der Waals surface area (Å²) >= 11 is 0. The fraction of sp³-hybridized carbons (Fsp3) is 0.405. The zero-order valence-corrected chi connectivity index (χ0v) is 27.0. The highest BCUT2D eigenvalue weighted by molar-refractivity contribution is 6.46. The Kier molecular flexibility index (Phi) is 12.5. The van der Waals surface area contributed by atoms with Crippen molar-refractivity contribution < 1.29 is 28.9 Å². The molecule has 1 heterocycles. The van der Waals surface area contributed by atoms with Crippen molar-refractivity contribution in [3.05, 3.63) is 95.1 Å². The van der Waals surface area contributed by atoms with Crippen molar-refractivity contribution in [2.75, 3.05) is 39.9 Å². The Balaban J connectivity index is 1.65. The zero-order chi connectivity index (χ0) is 32.2. The molecule has 0 spiro atoms. The van der Waals surface area contributed by atoms with E-state index < -0.39 is 17.7 Å². The van der Waals surface area contributed by atoms with Crippen LogP contribution in [-0.2, 0) is 16.2 Å². The number of Topliss-reactive ketones (excluding diaryl/α,β-unsaturated/α-hetero) is 1. The lowest BCUT2D eigenvalue weighted by Crippen LogP contribution is -2.33. The second-order valence-corrected chi connectivity index (χ2v) is 11.1. The van der Waals surface area contributed by atoms with Crippen molar-refractivity contribution in [1.29, 1.82) is 0 Å². The van der Waals surface area contributed by atoms with Gasteiger partial charge in [0, 0.05) is 12.1 Å². The number of nitrogens with zero attached hydrogens (tertiary/aromatic N) is 2. The number of carbonyl (C=O) groups excluding carboxylic acids is 2. The van der Waals surface area contributed by atoms with Crippen molar-refractivity contribution in [1.82, 2.24) is 9.80 Å². The molecule has 1 aliphatic heterocycles. The van der Waals surface area contributed by atoms with Crippen LogP contribution in [0.4, 0.5) is 0 Å². The maximum atomic E-state index is 13.6. The summed E-state index contributed by atoms with van der Waals surface area (Å²) in [5, 5.41) is 11.6. The van der Waals surface area contributed by atoms with Crippen LogP contribution in [-0.4, -0.2) is 66.5 Å². The maximum absolute atomic E-state index is 13.6. The summed E-state index contributed by atoms with van der Waals surface area (Å²) in [6, 6.07) is 21.4. The van der Waals surface area contributed by atoms with Gasteiger partial charge >= 0.3 is 0 Å². The van der Waals surface area contributed by atoms with Crippen molar-refractivity contribution in [3.63, 3.8) is 0 Å². The lowest BCUT2D eigenvalue weighted by atomic mass is 9.95. The molecule has 8 heteroatoms. The van der Waals surface area contributed by atoms with E-state index in [0.29, 0.717) is 54.6 Å². The van der Waals surface area contributed by atoms with Crippen molar-refractivity contribution in [2.45, 2.75) is 59.1 Å². The number of amides is 1. The third-order valence-corrected chi connectivity index (χ3v) is 8.19. The van der Waals surface area contributed by atoms with Crippen LogP contribution in [0.3, 0.4) is 0 Å². The first kappa shape index (κ1) is 33.6. The lowest BCUT2D eigenvalue weighted by molar-refractivity contribution is -0.140. The predicted molar refractivity (Wildman–Crippen MR) is 177 cm³/mol. The van der Waals surface area contributed by atoms with E-state index in [-0.39, 0.29) is 11.3 Å². The standard InChI is InChI=1S/C37H46N2O6/c1-5-8-12-24-44-31-21-18-29(25-32(31)43-4)34-33(36(41)37(42)39(34)23-13-22-38(6-2)7-3)35(40)28-16-19-30(20-17-28)45-26-27-14-10-9-11-15-27/h9-11,14-21,25,34,40H,5-8,12-13,22-24,26H2,1-4H3/t34-/m1/s1. The highest BCUT2D eigenvalue weighted by Crippen LogP contribution is 2.42. The SMILES string of the molecule is CCCCCOc1ccc([C@@H]2C(=C(O)c3ccc(OCc4ccccc4)cc3)C(=O)C(=O)N2CCCN(CC)CC)cc1OC. The van der Waals surface area contributed by atoms with Gasteiger partial charge in [-0.25, -0.2) is 0 Å². The van der Waals surface area contributed by atoms with Gasteiger partial charge in [0.1, 0.15) is 18.1 Å². The van der Waals surface area contributed by atoms with Crippen LogP contribution in [0, 0.1) is 0 Å². The molecule has 1 amide bonds. The molecule has 1 atom stereocenters. The predicted octanol–water partition coefficient (Wildman–Crippen LogP) is 7.00. The fourth-order valence-corrected chi connectivity index (χ4v) is 5.57. The molecule has 0 saturated carbocycles. The Labute approximate surface area is 267 Å². The molecule has 8 nitrogen and oxygen atoms in total. The van der Waals surface area contributed by atoms with Gasteiger partial charge in [-0.05, 0) is 80.0 Å². The fourth-order valence-electron chi connectivity index (χ4n) is 5.57. The number of methoxy groups -OCH3 is 1. The summed E-state index contributed by atoms with van der Waals surface area (Å²) in [6.45, 7) is 10.3. The molecule has 0 radical (unpaired) electrons. The van der Waals surface area contributed by atoms with Crippen LogP contribution in [0.25, 0.3) is 5.76 Å². The molecule has 45 heavy (non-hydrogen) atoms. The average molecular weight is 615 g/mol. The van der Waals surface area contributed by atoms with E-state index in [1.54, 1.807) is 42.3 Å². The molecule has 1 aliphatic rings. The number of aliphatic hydroxyl groups is 1. The van der Waals surface area contributed by atoms with Crippen LogP contribution in [0.15, 0.2) is 78.4 Å². The topological polar surface area (TPSA) is 88.5 Å². The summed E-state index contributed by atoms with van der Waals surface area (Å²) < 4.78 is 17.6. The van der Waals surface area contributed by atoms with Crippen LogP contribution in [0.2, 0.25) is 0 Å². The number of aliphatic hydroxyl groups excluding tert-OH is 1. The Hall–Kier alpha value is -4.30. The van der Waals surface area contributed by atoms with Gasteiger partial charge in [-0.1, -0.05) is 70.0 Å². The Morgan fingerprint density at radius 1 is 0.867 bits per heavy atom. The molecular weight excluding hydrogens is 568 g/mol. The molecule has 1 N–H and O–H groups in total. The molecule has 1 saturated heterocycles.